The van der Waals surface area contributed by atoms with Gasteiger partial charge in [-0.15, -0.1) is 0 Å². The highest BCUT2D eigenvalue weighted by atomic mass is 16.5. The summed E-state index contributed by atoms with van der Waals surface area (Å²) in [6.45, 7) is 3.91. The molecule has 0 unspecified atom stereocenters. The number of nitrogens with zero attached hydrogens (tertiary/aromatic N) is 1. The van der Waals surface area contributed by atoms with Crippen molar-refractivity contribution in [3.63, 3.8) is 0 Å². The number of hydrogen-bond donors (Lipinski definition) is 2. The fourth-order valence-corrected chi connectivity index (χ4v) is 2.26. The summed E-state index contributed by atoms with van der Waals surface area (Å²) in [7, 11) is 0. The molecule has 104 valence electrons. The Bertz CT molecular complexity index is 481. The molecule has 0 aromatic carbocycles. The number of rotatable bonds is 4. The maximum Gasteiger partial charge on any atom is 0.306 e. The van der Waals surface area contributed by atoms with E-state index < -0.39 is 5.97 Å². The van der Waals surface area contributed by atoms with Gasteiger partial charge in [0.25, 0.3) is 5.91 Å². The first-order chi connectivity index (χ1) is 8.97. The van der Waals surface area contributed by atoms with E-state index in [1.165, 1.54) is 0 Å². The molecule has 1 aromatic heterocycles. The van der Waals surface area contributed by atoms with Crippen molar-refractivity contribution in [2.75, 3.05) is 0 Å². The topological polar surface area (TPSA) is 92.4 Å². The third-order valence-corrected chi connectivity index (χ3v) is 3.45. The number of hydrogen-bond acceptors (Lipinski definition) is 4. The summed E-state index contributed by atoms with van der Waals surface area (Å²) in [4.78, 5) is 22.8. The van der Waals surface area contributed by atoms with Crippen LogP contribution in [0.15, 0.2) is 10.6 Å². The summed E-state index contributed by atoms with van der Waals surface area (Å²) < 4.78 is 5.07. The Morgan fingerprint density at radius 3 is 2.74 bits per heavy atom. The maximum atomic E-state index is 11.9. The Morgan fingerprint density at radius 2 is 2.21 bits per heavy atom. The Hall–Kier alpha value is -1.85. The minimum Gasteiger partial charge on any atom is -0.481 e. The summed E-state index contributed by atoms with van der Waals surface area (Å²) in [5.41, 5.74) is 0.252. The molecule has 0 radical (unpaired) electrons. The second kappa shape index (κ2) is 5.42. The molecular formula is C13H18N2O4. The van der Waals surface area contributed by atoms with Gasteiger partial charge in [0, 0.05) is 18.0 Å². The van der Waals surface area contributed by atoms with Crippen LogP contribution in [-0.2, 0) is 4.79 Å². The molecule has 2 N–H and O–H groups in total. The van der Waals surface area contributed by atoms with Crippen molar-refractivity contribution in [3.05, 3.63) is 17.5 Å². The molecule has 0 saturated heterocycles. The van der Waals surface area contributed by atoms with Gasteiger partial charge in [-0.05, 0) is 19.3 Å². The minimum absolute atomic E-state index is 0.0900. The number of amides is 1. The van der Waals surface area contributed by atoms with Crippen LogP contribution in [-0.4, -0.2) is 28.2 Å². The highest BCUT2D eigenvalue weighted by Gasteiger charge is 2.31. The molecule has 6 heteroatoms. The lowest BCUT2D eigenvalue weighted by Gasteiger charge is -2.10. The van der Waals surface area contributed by atoms with E-state index in [2.05, 4.69) is 10.5 Å². The van der Waals surface area contributed by atoms with Gasteiger partial charge in [-0.25, -0.2) is 0 Å². The first kappa shape index (κ1) is 13.6. The Labute approximate surface area is 111 Å². The maximum absolute atomic E-state index is 11.9. The summed E-state index contributed by atoms with van der Waals surface area (Å²) in [5.74, 6) is -0.599. The zero-order chi connectivity index (χ0) is 14.0. The van der Waals surface area contributed by atoms with Gasteiger partial charge in [0.1, 0.15) is 5.76 Å². The quantitative estimate of drug-likeness (QED) is 0.866. The highest BCUT2D eigenvalue weighted by Crippen LogP contribution is 2.26. The number of aliphatic carboxylic acids is 1. The summed E-state index contributed by atoms with van der Waals surface area (Å²) in [6.07, 6.45) is 1.78. The molecule has 1 aromatic rings. The van der Waals surface area contributed by atoms with E-state index in [1.807, 2.05) is 13.8 Å². The lowest BCUT2D eigenvalue weighted by atomic mass is 10.1. The summed E-state index contributed by atoms with van der Waals surface area (Å²) in [5, 5.41) is 15.4. The van der Waals surface area contributed by atoms with E-state index in [0.717, 1.165) is 0 Å². The number of carbonyl (C=O) groups excluding carboxylic acids is 1. The number of aromatic nitrogens is 1. The fourth-order valence-electron chi connectivity index (χ4n) is 2.26. The average molecular weight is 266 g/mol. The van der Waals surface area contributed by atoms with Crippen LogP contribution < -0.4 is 5.32 Å². The van der Waals surface area contributed by atoms with Gasteiger partial charge in [0.05, 0.1) is 5.92 Å². The molecule has 1 aliphatic rings. The van der Waals surface area contributed by atoms with E-state index in [4.69, 9.17) is 9.63 Å². The largest absolute Gasteiger partial charge is 0.481 e. The second-order valence-corrected chi connectivity index (χ2v) is 5.29. The van der Waals surface area contributed by atoms with Crippen LogP contribution >= 0.6 is 0 Å². The zero-order valence-corrected chi connectivity index (χ0v) is 11.0. The molecule has 2 atom stereocenters. The van der Waals surface area contributed by atoms with Crippen molar-refractivity contribution in [1.29, 1.82) is 0 Å². The van der Waals surface area contributed by atoms with Crippen LogP contribution in [0, 0.1) is 5.92 Å². The van der Waals surface area contributed by atoms with Gasteiger partial charge in [-0.2, -0.15) is 0 Å². The Balaban J connectivity index is 1.92. The van der Waals surface area contributed by atoms with E-state index >= 15 is 0 Å². The molecule has 1 heterocycles. The van der Waals surface area contributed by atoms with Gasteiger partial charge in [0.2, 0.25) is 0 Å². The fraction of sp³-hybridized carbons (Fsp3) is 0.615. The van der Waals surface area contributed by atoms with Crippen LogP contribution in [0.25, 0.3) is 0 Å². The lowest BCUT2D eigenvalue weighted by Crippen LogP contribution is -2.33. The van der Waals surface area contributed by atoms with Gasteiger partial charge in [0.15, 0.2) is 5.69 Å². The molecule has 0 bridgehead atoms. The molecular weight excluding hydrogens is 248 g/mol. The predicted octanol–water partition coefficient (Wildman–Crippen LogP) is 1.78. The van der Waals surface area contributed by atoms with Crippen molar-refractivity contribution in [2.45, 2.75) is 45.1 Å². The summed E-state index contributed by atoms with van der Waals surface area (Å²) >= 11 is 0. The lowest BCUT2D eigenvalue weighted by molar-refractivity contribution is -0.141. The first-order valence-corrected chi connectivity index (χ1v) is 6.47. The minimum atomic E-state index is -0.791. The van der Waals surface area contributed by atoms with Crippen molar-refractivity contribution < 1.29 is 19.2 Å². The van der Waals surface area contributed by atoms with Crippen molar-refractivity contribution in [3.8, 4) is 0 Å². The molecule has 2 rings (SSSR count). The Morgan fingerprint density at radius 1 is 1.47 bits per heavy atom. The normalized spacial score (nSPS) is 22.7. The second-order valence-electron chi connectivity index (χ2n) is 5.29. The van der Waals surface area contributed by atoms with Gasteiger partial charge >= 0.3 is 5.97 Å². The first-order valence-electron chi connectivity index (χ1n) is 6.47. The van der Waals surface area contributed by atoms with Crippen LogP contribution in [0.1, 0.15) is 55.3 Å². The van der Waals surface area contributed by atoms with Gasteiger partial charge < -0.3 is 14.9 Å². The standard InChI is InChI=1S/C13H18N2O4/c1-7(2)11-6-10(15-19-11)12(16)14-9-4-3-8(5-9)13(17)18/h6-9H,3-5H2,1-2H3,(H,14,16)(H,17,18)/t8-,9+/m0/s1. The van der Waals surface area contributed by atoms with Crippen LogP contribution in [0.3, 0.4) is 0 Å². The van der Waals surface area contributed by atoms with Crippen molar-refractivity contribution >= 4 is 11.9 Å². The molecule has 1 aliphatic carbocycles. The molecule has 0 spiro atoms. The molecule has 6 nitrogen and oxygen atoms in total. The molecule has 0 aliphatic heterocycles. The molecule has 1 amide bonds. The SMILES string of the molecule is CC(C)c1cc(C(=O)N[C@@H]2CC[C@H](C(=O)O)C2)no1. The third kappa shape index (κ3) is 3.13. The van der Waals surface area contributed by atoms with Crippen molar-refractivity contribution in [2.24, 2.45) is 5.92 Å². The van der Waals surface area contributed by atoms with Crippen molar-refractivity contribution in [1.82, 2.24) is 10.5 Å². The van der Waals surface area contributed by atoms with E-state index in [9.17, 15) is 9.59 Å². The van der Waals surface area contributed by atoms with E-state index in [0.29, 0.717) is 25.0 Å². The number of nitrogens with one attached hydrogen (secondary N) is 1. The number of carboxylic acids is 1. The summed E-state index contributed by atoms with van der Waals surface area (Å²) in [6, 6.07) is 1.54. The van der Waals surface area contributed by atoms with E-state index in [-0.39, 0.29) is 29.5 Å². The van der Waals surface area contributed by atoms with Gasteiger partial charge in [-0.3, -0.25) is 9.59 Å². The number of carbonyl (C=O) groups is 2. The smallest absolute Gasteiger partial charge is 0.306 e. The molecule has 1 fully saturated rings. The van der Waals surface area contributed by atoms with Crippen LogP contribution in [0.4, 0.5) is 0 Å². The Kier molecular flexibility index (Phi) is 3.87. The molecule has 1 saturated carbocycles. The predicted molar refractivity (Wildman–Crippen MR) is 66.8 cm³/mol. The molecule has 19 heavy (non-hydrogen) atoms. The third-order valence-electron chi connectivity index (χ3n) is 3.45. The van der Waals surface area contributed by atoms with Crippen LogP contribution in [0.2, 0.25) is 0 Å². The monoisotopic (exact) mass is 266 g/mol. The van der Waals surface area contributed by atoms with Crippen LogP contribution in [0.5, 0.6) is 0 Å². The van der Waals surface area contributed by atoms with Gasteiger partial charge in [-0.1, -0.05) is 19.0 Å². The van der Waals surface area contributed by atoms with E-state index in [1.54, 1.807) is 6.07 Å². The average Bonchev–Trinajstić information content (AvgIpc) is 2.96. The highest BCUT2D eigenvalue weighted by molar-refractivity contribution is 5.92. The number of carboxylic acid groups (broad SMARTS) is 1. The zero-order valence-electron chi connectivity index (χ0n) is 11.0.